The van der Waals surface area contributed by atoms with Crippen molar-refractivity contribution < 1.29 is 19.1 Å². The molecular formula is C18H25NO4. The third-order valence-electron chi connectivity index (χ3n) is 4.07. The Morgan fingerprint density at radius 3 is 2.00 bits per heavy atom. The zero-order chi connectivity index (χ0) is 16.7. The molecule has 0 spiro atoms. The number of hydrogen-bond donors (Lipinski definition) is 0. The first kappa shape index (κ1) is 17.5. The molecule has 126 valence electrons. The molecule has 1 aromatic rings. The van der Waals surface area contributed by atoms with E-state index in [9.17, 15) is 9.59 Å². The molecule has 23 heavy (non-hydrogen) atoms. The van der Waals surface area contributed by atoms with E-state index in [1.165, 1.54) is 0 Å². The average molecular weight is 319 g/mol. The second-order valence-corrected chi connectivity index (χ2v) is 5.58. The van der Waals surface area contributed by atoms with Gasteiger partial charge in [-0.25, -0.2) is 0 Å². The Kier molecular flexibility index (Phi) is 6.59. The first-order chi connectivity index (χ1) is 11.2. The zero-order valence-electron chi connectivity index (χ0n) is 13.9. The van der Waals surface area contributed by atoms with E-state index < -0.39 is 17.9 Å². The summed E-state index contributed by atoms with van der Waals surface area (Å²) in [7, 11) is 0. The van der Waals surface area contributed by atoms with Gasteiger partial charge in [-0.05, 0) is 45.3 Å². The fourth-order valence-electron chi connectivity index (χ4n) is 3.10. The fraction of sp³-hybridized carbons (Fsp3) is 0.556. The summed E-state index contributed by atoms with van der Waals surface area (Å²) in [5.41, 5.74) is 0.945. The van der Waals surface area contributed by atoms with Crippen LogP contribution in [0.15, 0.2) is 30.3 Å². The molecule has 5 heteroatoms. The van der Waals surface area contributed by atoms with Crippen molar-refractivity contribution >= 4 is 11.9 Å². The topological polar surface area (TPSA) is 55.8 Å². The fourth-order valence-corrected chi connectivity index (χ4v) is 3.10. The van der Waals surface area contributed by atoms with E-state index in [1.54, 1.807) is 13.8 Å². The van der Waals surface area contributed by atoms with Crippen LogP contribution in [0.25, 0.3) is 0 Å². The molecule has 0 aliphatic carbocycles. The highest BCUT2D eigenvalue weighted by atomic mass is 16.6. The van der Waals surface area contributed by atoms with Crippen molar-refractivity contribution in [3.8, 4) is 0 Å². The van der Waals surface area contributed by atoms with E-state index in [1.807, 2.05) is 30.3 Å². The lowest BCUT2D eigenvalue weighted by Gasteiger charge is -2.32. The Balaban J connectivity index is 2.38. The third-order valence-corrected chi connectivity index (χ3v) is 4.07. The number of ether oxygens (including phenoxy) is 2. The summed E-state index contributed by atoms with van der Waals surface area (Å²) in [4.78, 5) is 27.2. The van der Waals surface area contributed by atoms with Gasteiger partial charge in [-0.15, -0.1) is 0 Å². The maximum Gasteiger partial charge on any atom is 0.322 e. The first-order valence-electron chi connectivity index (χ1n) is 8.31. The van der Waals surface area contributed by atoms with E-state index in [0.717, 1.165) is 31.5 Å². The van der Waals surface area contributed by atoms with Crippen molar-refractivity contribution in [2.24, 2.45) is 5.92 Å². The number of nitrogens with zero attached hydrogens (tertiary/aromatic N) is 1. The van der Waals surface area contributed by atoms with E-state index in [0.29, 0.717) is 0 Å². The van der Waals surface area contributed by atoms with Gasteiger partial charge in [0.05, 0.1) is 19.3 Å². The Labute approximate surface area is 137 Å². The van der Waals surface area contributed by atoms with Crippen LogP contribution in [0.5, 0.6) is 0 Å². The van der Waals surface area contributed by atoms with Gasteiger partial charge in [-0.1, -0.05) is 30.3 Å². The molecule has 1 atom stereocenters. The van der Waals surface area contributed by atoms with Gasteiger partial charge in [0, 0.05) is 0 Å². The summed E-state index contributed by atoms with van der Waals surface area (Å²) in [6.45, 7) is 5.72. The number of rotatable bonds is 7. The molecule has 1 aromatic carbocycles. The van der Waals surface area contributed by atoms with Crippen molar-refractivity contribution in [1.82, 2.24) is 4.90 Å². The highest BCUT2D eigenvalue weighted by molar-refractivity contribution is 5.96. The number of benzene rings is 1. The molecule has 0 bridgehead atoms. The van der Waals surface area contributed by atoms with Crippen molar-refractivity contribution in [3.05, 3.63) is 35.9 Å². The standard InChI is InChI=1S/C18H25NO4/c1-3-22-17(20)15(18(21)23-4-2)16(19-12-8-9-13-19)14-10-6-5-7-11-14/h5-7,10-11,15-16H,3-4,8-9,12-13H2,1-2H3/t16-/m1/s1. The molecule has 0 aromatic heterocycles. The molecule has 5 nitrogen and oxygen atoms in total. The van der Waals surface area contributed by atoms with Gasteiger partial charge in [-0.2, -0.15) is 0 Å². The molecule has 0 amide bonds. The van der Waals surface area contributed by atoms with Crippen molar-refractivity contribution in [3.63, 3.8) is 0 Å². The SMILES string of the molecule is CCOC(=O)C(C(=O)OCC)[C@@H](c1ccccc1)N1CCCC1. The second-order valence-electron chi connectivity index (χ2n) is 5.58. The molecule has 1 aliphatic heterocycles. The highest BCUT2D eigenvalue weighted by Gasteiger charge is 2.42. The molecule has 1 fully saturated rings. The van der Waals surface area contributed by atoms with Crippen molar-refractivity contribution in [2.45, 2.75) is 32.7 Å². The summed E-state index contributed by atoms with van der Waals surface area (Å²) in [5, 5.41) is 0. The maximum absolute atomic E-state index is 12.5. The molecule has 2 rings (SSSR count). The van der Waals surface area contributed by atoms with Gasteiger partial charge >= 0.3 is 11.9 Å². The number of carbonyl (C=O) groups is 2. The smallest absolute Gasteiger partial charge is 0.322 e. The molecule has 1 aliphatic rings. The summed E-state index contributed by atoms with van der Waals surface area (Å²) in [5.74, 6) is -1.96. The third kappa shape index (κ3) is 4.32. The second kappa shape index (κ2) is 8.67. The minimum Gasteiger partial charge on any atom is -0.465 e. The normalized spacial score (nSPS) is 16.3. The lowest BCUT2D eigenvalue weighted by atomic mass is 9.91. The van der Waals surface area contributed by atoms with Gasteiger partial charge in [0.1, 0.15) is 0 Å². The zero-order valence-corrected chi connectivity index (χ0v) is 13.9. The van der Waals surface area contributed by atoms with Gasteiger partial charge in [0.25, 0.3) is 0 Å². The van der Waals surface area contributed by atoms with Crippen LogP contribution >= 0.6 is 0 Å². The number of carbonyl (C=O) groups excluding carboxylic acids is 2. The predicted molar refractivity (Wildman–Crippen MR) is 86.7 cm³/mol. The minimum absolute atomic E-state index is 0.246. The lowest BCUT2D eigenvalue weighted by Crippen LogP contribution is -2.41. The van der Waals surface area contributed by atoms with Gasteiger partial charge < -0.3 is 9.47 Å². The minimum atomic E-state index is -0.949. The Morgan fingerprint density at radius 1 is 1.00 bits per heavy atom. The Bertz CT molecular complexity index is 493. The largest absolute Gasteiger partial charge is 0.465 e. The predicted octanol–water partition coefficient (Wildman–Crippen LogP) is 2.57. The quantitative estimate of drug-likeness (QED) is 0.571. The van der Waals surface area contributed by atoms with Crippen molar-refractivity contribution in [1.29, 1.82) is 0 Å². The first-order valence-corrected chi connectivity index (χ1v) is 8.31. The van der Waals surface area contributed by atoms with Crippen LogP contribution in [0.2, 0.25) is 0 Å². The van der Waals surface area contributed by atoms with Crippen LogP contribution in [0, 0.1) is 5.92 Å². The van der Waals surface area contributed by atoms with E-state index in [-0.39, 0.29) is 19.3 Å². The van der Waals surface area contributed by atoms with Gasteiger partial charge in [0.15, 0.2) is 5.92 Å². The van der Waals surface area contributed by atoms with Crippen LogP contribution < -0.4 is 0 Å². The average Bonchev–Trinajstić information content (AvgIpc) is 3.07. The van der Waals surface area contributed by atoms with Crippen LogP contribution in [-0.2, 0) is 19.1 Å². The molecule has 0 saturated carbocycles. The summed E-state index contributed by atoms with van der Waals surface area (Å²) in [6, 6.07) is 9.34. The Hall–Kier alpha value is -1.88. The molecule has 1 heterocycles. The monoisotopic (exact) mass is 319 g/mol. The van der Waals surface area contributed by atoms with Crippen LogP contribution in [-0.4, -0.2) is 43.1 Å². The molecule has 0 radical (unpaired) electrons. The molecular weight excluding hydrogens is 294 g/mol. The van der Waals surface area contributed by atoms with Gasteiger partial charge in [-0.3, -0.25) is 14.5 Å². The summed E-state index contributed by atoms with van der Waals surface area (Å²) < 4.78 is 10.3. The number of esters is 2. The molecule has 1 saturated heterocycles. The number of hydrogen-bond acceptors (Lipinski definition) is 5. The van der Waals surface area contributed by atoms with Crippen LogP contribution in [0.4, 0.5) is 0 Å². The summed E-state index contributed by atoms with van der Waals surface area (Å²) >= 11 is 0. The van der Waals surface area contributed by atoms with Crippen molar-refractivity contribution in [2.75, 3.05) is 26.3 Å². The van der Waals surface area contributed by atoms with Gasteiger partial charge in [0.2, 0.25) is 0 Å². The number of likely N-dealkylation sites (tertiary alicyclic amines) is 1. The van der Waals surface area contributed by atoms with Crippen LogP contribution in [0.3, 0.4) is 0 Å². The maximum atomic E-state index is 12.5. The Morgan fingerprint density at radius 2 is 1.52 bits per heavy atom. The van der Waals surface area contributed by atoms with E-state index in [4.69, 9.17) is 9.47 Å². The van der Waals surface area contributed by atoms with Crippen LogP contribution in [0.1, 0.15) is 38.3 Å². The summed E-state index contributed by atoms with van der Waals surface area (Å²) in [6.07, 6.45) is 2.14. The molecule has 0 N–H and O–H groups in total. The highest BCUT2D eigenvalue weighted by Crippen LogP contribution is 2.33. The molecule has 0 unspecified atom stereocenters. The lowest BCUT2D eigenvalue weighted by molar-refractivity contribution is -0.165. The van der Waals surface area contributed by atoms with E-state index >= 15 is 0 Å². The van der Waals surface area contributed by atoms with E-state index in [2.05, 4.69) is 4.90 Å².